The normalized spacial score (nSPS) is 30.8. The average Bonchev–Trinajstić information content (AvgIpc) is 2.60. The van der Waals surface area contributed by atoms with Crippen LogP contribution < -0.4 is 5.73 Å². The van der Waals surface area contributed by atoms with Gasteiger partial charge in [-0.25, -0.2) is 0 Å². The first-order valence-electron chi connectivity index (χ1n) is 9.07. The highest BCUT2D eigenvalue weighted by molar-refractivity contribution is 5.90. The third-order valence-electron chi connectivity index (χ3n) is 6.06. The lowest BCUT2D eigenvalue weighted by Crippen LogP contribution is -2.61. The van der Waals surface area contributed by atoms with E-state index in [0.717, 1.165) is 38.1 Å². The molecule has 1 aromatic heterocycles. The average molecular weight is 347 g/mol. The van der Waals surface area contributed by atoms with Crippen molar-refractivity contribution in [2.75, 3.05) is 33.9 Å². The first-order chi connectivity index (χ1) is 12.0. The van der Waals surface area contributed by atoms with Gasteiger partial charge in [0.1, 0.15) is 11.3 Å². The molecular weight excluding hydrogens is 318 g/mol. The largest absolute Gasteiger partial charge is 0.383 e. The van der Waals surface area contributed by atoms with E-state index in [9.17, 15) is 4.79 Å². The van der Waals surface area contributed by atoms with Gasteiger partial charge in [0.05, 0.1) is 6.61 Å². The van der Waals surface area contributed by atoms with E-state index in [0.29, 0.717) is 23.6 Å². The molecule has 25 heavy (non-hydrogen) atoms. The number of primary amides is 1. The summed E-state index contributed by atoms with van der Waals surface area (Å²) in [5, 5.41) is 0. The lowest BCUT2D eigenvalue weighted by molar-refractivity contribution is -0.175. The first-order valence-corrected chi connectivity index (χ1v) is 9.07. The van der Waals surface area contributed by atoms with E-state index in [2.05, 4.69) is 16.8 Å². The smallest absolute Gasteiger partial charge is 0.267 e. The van der Waals surface area contributed by atoms with E-state index < -0.39 is 5.91 Å². The molecule has 2 aliphatic rings. The topological polar surface area (TPSA) is 77.7 Å². The van der Waals surface area contributed by atoms with Crippen molar-refractivity contribution in [3.63, 3.8) is 0 Å². The lowest BCUT2D eigenvalue weighted by Gasteiger charge is -2.56. The number of ether oxygens (including phenoxy) is 2. The van der Waals surface area contributed by atoms with Crippen LogP contribution in [0.15, 0.2) is 18.3 Å². The van der Waals surface area contributed by atoms with Crippen molar-refractivity contribution in [3.8, 4) is 0 Å². The number of methoxy groups -OCH3 is 2. The predicted molar refractivity (Wildman–Crippen MR) is 95.2 cm³/mol. The Balaban J connectivity index is 1.96. The minimum atomic E-state index is -0.496. The maximum Gasteiger partial charge on any atom is 0.267 e. The third kappa shape index (κ3) is 3.18. The Bertz CT molecular complexity index is 608. The van der Waals surface area contributed by atoms with Crippen LogP contribution in [0.3, 0.4) is 0 Å². The number of carbonyl (C=O) groups is 1. The van der Waals surface area contributed by atoms with Gasteiger partial charge >= 0.3 is 0 Å². The molecule has 138 valence electrons. The second-order valence-corrected chi connectivity index (χ2v) is 7.37. The fraction of sp³-hybridized carbons (Fsp3) is 0.684. The van der Waals surface area contributed by atoms with Gasteiger partial charge in [0.2, 0.25) is 0 Å². The van der Waals surface area contributed by atoms with Crippen LogP contribution in [0.2, 0.25) is 0 Å². The van der Waals surface area contributed by atoms with Crippen molar-refractivity contribution in [1.29, 1.82) is 0 Å². The Hall–Kier alpha value is -1.50. The minimum absolute atomic E-state index is 0.308. The standard InChI is InChI=1S/C19H29N3O3/c1-13(12-24-2)22-10-15-5-4-6-16(11-22)19(15,25-3)14-7-8-21-17(9-14)18(20)23/h7-9,13,15-16H,4-6,10-12H2,1-3H3,(H2,20,23)/t13?,15-,16+,19?. The second-order valence-electron chi connectivity index (χ2n) is 7.37. The molecular formula is C19H29N3O3. The van der Waals surface area contributed by atoms with Gasteiger partial charge in [0.25, 0.3) is 5.91 Å². The molecule has 6 heteroatoms. The maximum absolute atomic E-state index is 11.6. The number of nitrogens with zero attached hydrogens (tertiary/aromatic N) is 2. The van der Waals surface area contributed by atoms with Gasteiger partial charge in [-0.2, -0.15) is 0 Å². The molecule has 0 aromatic carbocycles. The maximum atomic E-state index is 11.6. The van der Waals surface area contributed by atoms with E-state index in [1.807, 2.05) is 12.1 Å². The quantitative estimate of drug-likeness (QED) is 0.849. The number of piperidine rings is 1. The second kappa shape index (κ2) is 7.40. The van der Waals surface area contributed by atoms with E-state index in [4.69, 9.17) is 15.2 Å². The summed E-state index contributed by atoms with van der Waals surface area (Å²) >= 11 is 0. The number of pyridine rings is 1. The zero-order valence-corrected chi connectivity index (χ0v) is 15.4. The summed E-state index contributed by atoms with van der Waals surface area (Å²) in [4.78, 5) is 18.2. The number of fused-ring (bicyclic) bond motifs is 2. The van der Waals surface area contributed by atoms with Gasteiger partial charge < -0.3 is 15.2 Å². The number of hydrogen-bond donors (Lipinski definition) is 1. The fourth-order valence-corrected chi connectivity index (χ4v) is 4.90. The molecule has 1 saturated carbocycles. The molecule has 1 saturated heterocycles. The SMILES string of the molecule is COCC(C)N1C[C@H]2CCC[C@@H](C1)C2(OC)c1ccnc(C(N)=O)c1. The van der Waals surface area contributed by atoms with Gasteiger partial charge in [0, 0.05) is 51.4 Å². The van der Waals surface area contributed by atoms with Crippen LogP contribution >= 0.6 is 0 Å². The van der Waals surface area contributed by atoms with Crippen LogP contribution in [0.1, 0.15) is 42.2 Å². The van der Waals surface area contributed by atoms with Gasteiger partial charge in [0.15, 0.2) is 0 Å². The minimum Gasteiger partial charge on any atom is -0.383 e. The molecule has 1 aromatic rings. The molecule has 4 atom stereocenters. The van der Waals surface area contributed by atoms with Crippen LogP contribution in [-0.4, -0.2) is 55.7 Å². The molecule has 0 radical (unpaired) electrons. The van der Waals surface area contributed by atoms with Gasteiger partial charge in [-0.15, -0.1) is 0 Å². The highest BCUT2D eigenvalue weighted by atomic mass is 16.5. The van der Waals surface area contributed by atoms with Crippen molar-refractivity contribution in [2.24, 2.45) is 17.6 Å². The summed E-state index contributed by atoms with van der Waals surface area (Å²) in [6.07, 6.45) is 5.14. The number of rotatable bonds is 6. The first kappa shape index (κ1) is 18.3. The Labute approximate surface area is 149 Å². The zero-order chi connectivity index (χ0) is 18.0. The Morgan fingerprint density at radius 3 is 2.64 bits per heavy atom. The molecule has 0 spiro atoms. The van der Waals surface area contributed by atoms with Gasteiger partial charge in [-0.1, -0.05) is 6.42 Å². The van der Waals surface area contributed by atoms with Crippen LogP contribution in [0.4, 0.5) is 0 Å². The van der Waals surface area contributed by atoms with E-state index in [-0.39, 0.29) is 5.60 Å². The molecule has 2 N–H and O–H groups in total. The number of carbonyl (C=O) groups excluding carboxylic acids is 1. The van der Waals surface area contributed by atoms with Crippen molar-refractivity contribution in [2.45, 2.75) is 37.8 Å². The van der Waals surface area contributed by atoms with Gasteiger partial charge in [-0.05, 0) is 37.5 Å². The third-order valence-corrected chi connectivity index (χ3v) is 6.06. The summed E-state index contributed by atoms with van der Waals surface area (Å²) in [6.45, 7) is 4.91. The summed E-state index contributed by atoms with van der Waals surface area (Å²) < 4.78 is 11.6. The molecule has 2 heterocycles. The van der Waals surface area contributed by atoms with Crippen LogP contribution in [0.5, 0.6) is 0 Å². The Morgan fingerprint density at radius 2 is 2.08 bits per heavy atom. The van der Waals surface area contributed by atoms with E-state index >= 15 is 0 Å². The molecule has 2 unspecified atom stereocenters. The van der Waals surface area contributed by atoms with Crippen molar-refractivity contribution >= 4 is 5.91 Å². The number of likely N-dealkylation sites (tertiary alicyclic amines) is 1. The molecule has 1 aliphatic heterocycles. The highest BCUT2D eigenvalue weighted by Crippen LogP contribution is 2.51. The Morgan fingerprint density at radius 1 is 1.40 bits per heavy atom. The summed E-state index contributed by atoms with van der Waals surface area (Å²) in [5.74, 6) is 0.268. The predicted octanol–water partition coefficient (Wildman–Crippen LogP) is 1.79. The van der Waals surface area contributed by atoms with Crippen molar-refractivity contribution in [1.82, 2.24) is 9.88 Å². The van der Waals surface area contributed by atoms with E-state index in [1.54, 1.807) is 20.4 Å². The number of aromatic nitrogens is 1. The van der Waals surface area contributed by atoms with Crippen LogP contribution in [0, 0.1) is 11.8 Å². The molecule has 6 nitrogen and oxygen atoms in total. The van der Waals surface area contributed by atoms with Crippen LogP contribution in [0.25, 0.3) is 0 Å². The summed E-state index contributed by atoms with van der Waals surface area (Å²) in [6, 6.07) is 4.20. The molecule has 3 rings (SSSR count). The van der Waals surface area contributed by atoms with Crippen LogP contribution in [-0.2, 0) is 15.1 Å². The summed E-state index contributed by atoms with van der Waals surface area (Å²) in [7, 11) is 3.55. The number of amides is 1. The van der Waals surface area contributed by atoms with Gasteiger partial charge in [-0.3, -0.25) is 14.7 Å². The highest BCUT2D eigenvalue weighted by Gasteiger charge is 2.53. The number of hydrogen-bond acceptors (Lipinski definition) is 5. The number of nitrogens with two attached hydrogens (primary N) is 1. The Kier molecular flexibility index (Phi) is 5.41. The fourth-order valence-electron chi connectivity index (χ4n) is 4.90. The molecule has 2 fully saturated rings. The van der Waals surface area contributed by atoms with Crippen molar-refractivity contribution in [3.05, 3.63) is 29.6 Å². The monoisotopic (exact) mass is 347 g/mol. The van der Waals surface area contributed by atoms with E-state index in [1.165, 1.54) is 6.42 Å². The molecule has 1 aliphatic carbocycles. The molecule has 1 amide bonds. The summed E-state index contributed by atoms with van der Waals surface area (Å²) in [5.41, 5.74) is 6.42. The lowest BCUT2D eigenvalue weighted by atomic mass is 9.62. The van der Waals surface area contributed by atoms with Crippen molar-refractivity contribution < 1.29 is 14.3 Å². The molecule has 2 bridgehead atoms. The zero-order valence-electron chi connectivity index (χ0n) is 15.4.